The third kappa shape index (κ3) is 3.31. The monoisotopic (exact) mass is 322 g/mol. The summed E-state index contributed by atoms with van der Waals surface area (Å²) in [5.74, 6) is 3.34. The summed E-state index contributed by atoms with van der Waals surface area (Å²) >= 11 is 12.8. The molecule has 0 saturated carbocycles. The minimum atomic E-state index is -1.39. The Kier molecular flexibility index (Phi) is 4.40. The van der Waals surface area contributed by atoms with Gasteiger partial charge < -0.3 is 0 Å². The average Bonchev–Trinajstić information content (AvgIpc) is 2.88. The van der Waals surface area contributed by atoms with Gasteiger partial charge in [0, 0.05) is 11.1 Å². The first-order valence-electron chi connectivity index (χ1n) is 7.02. The molecule has 0 unspecified atom stereocenters. The Bertz CT molecular complexity index is 610. The van der Waals surface area contributed by atoms with Gasteiger partial charge in [-0.1, -0.05) is 80.3 Å². The smallest absolute Gasteiger partial charge is 0.127 e. The molecule has 1 aromatic rings. The van der Waals surface area contributed by atoms with E-state index in [9.17, 15) is 0 Å². The predicted octanol–water partition coefficient (Wildman–Crippen LogP) is 5.66. The average molecular weight is 323 g/mol. The van der Waals surface area contributed by atoms with Crippen molar-refractivity contribution in [3.63, 3.8) is 0 Å². The fourth-order valence-corrected chi connectivity index (χ4v) is 3.43. The highest BCUT2D eigenvalue weighted by molar-refractivity contribution is 6.83. The summed E-state index contributed by atoms with van der Waals surface area (Å²) in [4.78, 5) is 0. The van der Waals surface area contributed by atoms with Gasteiger partial charge in [-0.05, 0) is 23.6 Å². The van der Waals surface area contributed by atoms with Crippen molar-refractivity contribution < 1.29 is 0 Å². The molecule has 0 radical (unpaired) electrons. The van der Waals surface area contributed by atoms with Crippen LogP contribution in [-0.4, -0.2) is 12.4 Å². The molecule has 1 aromatic carbocycles. The topological polar surface area (TPSA) is 0 Å². The lowest BCUT2D eigenvalue weighted by molar-refractivity contribution is 0.921. The maximum atomic E-state index is 6.40. The van der Waals surface area contributed by atoms with Gasteiger partial charge in [-0.3, -0.25) is 0 Å². The van der Waals surface area contributed by atoms with Crippen LogP contribution >= 0.6 is 23.2 Å². The molecule has 0 aliphatic heterocycles. The van der Waals surface area contributed by atoms with Crippen molar-refractivity contribution in [2.24, 2.45) is 0 Å². The molecule has 1 aliphatic rings. The fourth-order valence-electron chi connectivity index (χ4n) is 2.21. The van der Waals surface area contributed by atoms with Crippen molar-refractivity contribution in [1.82, 2.24) is 0 Å². The number of hydrogen-bond donors (Lipinski definition) is 0. The lowest BCUT2D eigenvalue weighted by Gasteiger charge is -2.06. The third-order valence-corrected chi connectivity index (χ3v) is 4.91. The minimum absolute atomic E-state index is 0.771. The van der Waals surface area contributed by atoms with Crippen LogP contribution < -0.4 is 0 Å². The van der Waals surface area contributed by atoms with Crippen molar-refractivity contribution in [3.05, 3.63) is 41.0 Å². The summed E-state index contributed by atoms with van der Waals surface area (Å²) in [6.45, 7) is 8.88. The fraction of sp³-hybridized carbons (Fsp3) is 0.412. The van der Waals surface area contributed by atoms with E-state index in [4.69, 9.17) is 23.2 Å². The Hall–Kier alpha value is -0.683. The van der Waals surface area contributed by atoms with Crippen LogP contribution in [0.4, 0.5) is 0 Å². The van der Waals surface area contributed by atoms with E-state index in [1.807, 2.05) is 12.1 Å². The van der Waals surface area contributed by atoms with Crippen LogP contribution in [0.5, 0.6) is 0 Å². The Morgan fingerprint density at radius 3 is 2.40 bits per heavy atom. The van der Waals surface area contributed by atoms with Crippen molar-refractivity contribution in [3.8, 4) is 11.5 Å². The lowest BCUT2D eigenvalue weighted by atomic mass is 10.1. The van der Waals surface area contributed by atoms with E-state index in [1.165, 1.54) is 0 Å². The molecule has 2 rings (SSSR count). The Morgan fingerprint density at radius 2 is 1.80 bits per heavy atom. The van der Waals surface area contributed by atoms with Crippen molar-refractivity contribution in [1.29, 1.82) is 0 Å². The summed E-state index contributed by atoms with van der Waals surface area (Å²) in [6.07, 6.45) is 2.01. The van der Waals surface area contributed by atoms with E-state index in [2.05, 4.69) is 50.2 Å². The second-order valence-electron chi connectivity index (χ2n) is 6.22. The standard InChI is InChI=1S/C17H20Cl2Si/c1-5-8-15-16(17(15,18)19)14-10-7-6-9-13(14)11-12-20(2,3)4/h6-7,9-10H,5,8H2,1-4H3. The van der Waals surface area contributed by atoms with E-state index in [0.717, 1.165) is 35.1 Å². The number of allylic oxidation sites excluding steroid dienone is 2. The van der Waals surface area contributed by atoms with E-state index >= 15 is 0 Å². The molecule has 0 bridgehead atoms. The maximum Gasteiger partial charge on any atom is 0.165 e. The summed E-state index contributed by atoms with van der Waals surface area (Å²) in [5.41, 5.74) is 7.79. The van der Waals surface area contributed by atoms with Crippen molar-refractivity contribution in [2.75, 3.05) is 0 Å². The third-order valence-electron chi connectivity index (χ3n) is 3.20. The molecule has 0 amide bonds. The van der Waals surface area contributed by atoms with Crippen LogP contribution in [0.3, 0.4) is 0 Å². The molecule has 0 saturated heterocycles. The summed E-state index contributed by atoms with van der Waals surface area (Å²) in [5, 5.41) is 0. The molecule has 0 aromatic heterocycles. The summed E-state index contributed by atoms with van der Waals surface area (Å²) in [6, 6.07) is 8.17. The highest BCUT2D eigenvalue weighted by Gasteiger charge is 2.50. The molecule has 0 nitrogen and oxygen atoms in total. The molecule has 0 atom stereocenters. The molecule has 0 N–H and O–H groups in total. The van der Waals surface area contributed by atoms with Crippen molar-refractivity contribution in [2.45, 2.75) is 43.7 Å². The van der Waals surface area contributed by atoms with Crippen LogP contribution in [0, 0.1) is 11.5 Å². The predicted molar refractivity (Wildman–Crippen MR) is 92.9 cm³/mol. The normalized spacial score (nSPS) is 16.7. The molecular formula is C17H20Cl2Si. The highest BCUT2D eigenvalue weighted by Crippen LogP contribution is 2.60. The van der Waals surface area contributed by atoms with Gasteiger partial charge in [-0.25, -0.2) is 0 Å². The highest BCUT2D eigenvalue weighted by atomic mass is 35.5. The first-order valence-corrected chi connectivity index (χ1v) is 11.3. The molecule has 0 fully saturated rings. The SMILES string of the molecule is CCCC1=C(c2ccccc2C#C[Si](C)(C)C)C1(Cl)Cl. The lowest BCUT2D eigenvalue weighted by Crippen LogP contribution is -2.16. The molecule has 1 aliphatic carbocycles. The quantitative estimate of drug-likeness (QED) is 0.383. The van der Waals surface area contributed by atoms with Crippen molar-refractivity contribution >= 4 is 36.8 Å². The van der Waals surface area contributed by atoms with E-state index in [0.29, 0.717) is 0 Å². The zero-order valence-corrected chi connectivity index (χ0v) is 15.0. The first-order chi connectivity index (χ1) is 9.27. The molecule has 106 valence electrons. The second-order valence-corrected chi connectivity index (χ2v) is 12.3. The zero-order chi connectivity index (χ0) is 15.0. The van der Waals surface area contributed by atoms with Crippen LogP contribution in [0.1, 0.15) is 30.9 Å². The Balaban J connectivity index is 2.42. The van der Waals surface area contributed by atoms with Gasteiger partial charge in [0.25, 0.3) is 0 Å². The second kappa shape index (κ2) is 5.60. The van der Waals surface area contributed by atoms with Crippen LogP contribution in [0.15, 0.2) is 29.8 Å². The summed E-state index contributed by atoms with van der Waals surface area (Å²) < 4.78 is -0.771. The van der Waals surface area contributed by atoms with Crippen LogP contribution in [-0.2, 0) is 0 Å². The largest absolute Gasteiger partial charge is 0.165 e. The van der Waals surface area contributed by atoms with Crippen LogP contribution in [0.25, 0.3) is 5.57 Å². The molecule has 20 heavy (non-hydrogen) atoms. The molecule has 3 heteroatoms. The zero-order valence-electron chi connectivity index (χ0n) is 12.5. The number of hydrogen-bond acceptors (Lipinski definition) is 0. The van der Waals surface area contributed by atoms with Gasteiger partial charge in [0.15, 0.2) is 4.33 Å². The Labute approximate surface area is 133 Å². The number of rotatable bonds is 3. The van der Waals surface area contributed by atoms with E-state index < -0.39 is 12.4 Å². The van der Waals surface area contributed by atoms with Gasteiger partial charge in [0.2, 0.25) is 0 Å². The molecule has 0 heterocycles. The first kappa shape index (κ1) is 15.7. The number of halogens is 2. The van der Waals surface area contributed by atoms with Gasteiger partial charge in [0.05, 0.1) is 0 Å². The molecule has 0 spiro atoms. The minimum Gasteiger partial charge on any atom is -0.127 e. The van der Waals surface area contributed by atoms with Gasteiger partial charge in [-0.2, -0.15) is 0 Å². The number of alkyl halides is 2. The van der Waals surface area contributed by atoms with Gasteiger partial charge in [-0.15, -0.1) is 5.54 Å². The van der Waals surface area contributed by atoms with Gasteiger partial charge >= 0.3 is 0 Å². The number of benzene rings is 1. The molecular weight excluding hydrogens is 303 g/mol. The maximum absolute atomic E-state index is 6.40. The summed E-state index contributed by atoms with van der Waals surface area (Å²) in [7, 11) is -1.39. The Morgan fingerprint density at radius 1 is 1.15 bits per heavy atom. The van der Waals surface area contributed by atoms with Gasteiger partial charge in [0.1, 0.15) is 8.07 Å². The van der Waals surface area contributed by atoms with E-state index in [-0.39, 0.29) is 0 Å². The van der Waals surface area contributed by atoms with Crippen LogP contribution in [0.2, 0.25) is 19.6 Å². The van der Waals surface area contributed by atoms with E-state index in [1.54, 1.807) is 0 Å².